The summed E-state index contributed by atoms with van der Waals surface area (Å²) >= 11 is 1.62. The number of carbonyl (C=O) groups excluding carboxylic acids is 3. The third kappa shape index (κ3) is 5.39. The number of hydrogen-bond donors (Lipinski definition) is 3. The molecule has 3 N–H and O–H groups in total. The zero-order valence-corrected chi connectivity index (χ0v) is 19.1. The van der Waals surface area contributed by atoms with Crippen LogP contribution in [0.25, 0.3) is 0 Å². The van der Waals surface area contributed by atoms with Crippen LogP contribution in [0.4, 0.5) is 17.1 Å². The number of fused-ring (bicyclic) bond motifs is 1. The van der Waals surface area contributed by atoms with Crippen molar-refractivity contribution in [3.8, 4) is 0 Å². The fourth-order valence-corrected chi connectivity index (χ4v) is 5.55. The predicted molar refractivity (Wildman–Crippen MR) is 132 cm³/mol. The lowest BCUT2D eigenvalue weighted by atomic mass is 10.0. The molecular weight excluding hydrogens is 436 g/mol. The molecule has 2 aromatic rings. The van der Waals surface area contributed by atoms with Gasteiger partial charge in [0.2, 0.25) is 17.7 Å². The highest BCUT2D eigenvalue weighted by Crippen LogP contribution is 2.37. The maximum absolute atomic E-state index is 13.2. The van der Waals surface area contributed by atoms with Crippen LogP contribution < -0.4 is 16.0 Å². The predicted octanol–water partition coefficient (Wildman–Crippen LogP) is 3.88. The average Bonchev–Trinajstić information content (AvgIpc) is 3.27. The molecule has 0 radical (unpaired) electrons. The van der Waals surface area contributed by atoms with Gasteiger partial charge in [0.1, 0.15) is 12.1 Å². The quantitative estimate of drug-likeness (QED) is 0.516. The van der Waals surface area contributed by atoms with Gasteiger partial charge < -0.3 is 20.9 Å². The minimum atomic E-state index is -0.584. The second-order valence-corrected chi connectivity index (χ2v) is 9.31. The number of anilines is 3. The molecule has 2 aliphatic rings. The van der Waals surface area contributed by atoms with Crippen LogP contribution in [0.3, 0.4) is 0 Å². The number of benzene rings is 2. The van der Waals surface area contributed by atoms with Gasteiger partial charge in [0.15, 0.2) is 0 Å². The summed E-state index contributed by atoms with van der Waals surface area (Å²) in [5.41, 5.74) is 2.34. The summed E-state index contributed by atoms with van der Waals surface area (Å²) in [5.74, 6) is -0.0352. The zero-order valence-electron chi connectivity index (χ0n) is 18.3. The van der Waals surface area contributed by atoms with E-state index in [4.69, 9.17) is 0 Å². The molecule has 172 valence electrons. The molecule has 0 bridgehead atoms. The number of amides is 3. The molecule has 3 amide bonds. The summed E-state index contributed by atoms with van der Waals surface area (Å²) in [7, 11) is 0. The fourth-order valence-electron chi connectivity index (χ4n) is 4.12. The van der Waals surface area contributed by atoms with Crippen LogP contribution >= 0.6 is 11.8 Å². The zero-order chi connectivity index (χ0) is 23.2. The Morgan fingerprint density at radius 3 is 2.55 bits per heavy atom. The van der Waals surface area contributed by atoms with Crippen molar-refractivity contribution in [2.45, 2.75) is 43.1 Å². The van der Waals surface area contributed by atoms with Crippen LogP contribution in [0.15, 0.2) is 67.3 Å². The molecule has 33 heavy (non-hydrogen) atoms. The number of para-hydroxylation sites is 3. The van der Waals surface area contributed by atoms with Crippen molar-refractivity contribution in [2.75, 3.05) is 16.4 Å². The largest absolute Gasteiger partial charge is 0.354 e. The Balaban J connectivity index is 1.44. The van der Waals surface area contributed by atoms with E-state index in [-0.39, 0.29) is 23.1 Å². The minimum absolute atomic E-state index is 0.0349. The van der Waals surface area contributed by atoms with Crippen LogP contribution in [0.5, 0.6) is 0 Å². The van der Waals surface area contributed by atoms with Gasteiger partial charge in [-0.1, -0.05) is 36.4 Å². The standard InChI is InChI=1S/C25H28N4O3S/c1-2-3-13-22(30)27-20-14-15-23-29(25(20)32)21(16-33-23)24(31)28-19-12-8-7-11-18(19)26-17-9-5-4-6-10-17/h2,4-12,20-21,23,26H,1,3,13-16H2,(H,27,30)(H,28,31)/t20-,21-,23-/m0/s1. The summed E-state index contributed by atoms with van der Waals surface area (Å²) in [6.45, 7) is 3.62. The topological polar surface area (TPSA) is 90.5 Å². The van der Waals surface area contributed by atoms with Crippen LogP contribution in [0.1, 0.15) is 25.7 Å². The molecule has 3 atom stereocenters. The van der Waals surface area contributed by atoms with Crippen molar-refractivity contribution in [1.29, 1.82) is 0 Å². The highest BCUT2D eigenvalue weighted by Gasteiger charge is 2.47. The first kappa shape index (κ1) is 22.9. The summed E-state index contributed by atoms with van der Waals surface area (Å²) in [6.07, 6.45) is 3.89. The molecule has 2 aliphatic heterocycles. The van der Waals surface area contributed by atoms with E-state index in [2.05, 4.69) is 22.5 Å². The molecule has 2 fully saturated rings. The van der Waals surface area contributed by atoms with Gasteiger partial charge in [0.25, 0.3) is 0 Å². The van der Waals surface area contributed by atoms with Crippen molar-refractivity contribution < 1.29 is 14.4 Å². The van der Waals surface area contributed by atoms with Gasteiger partial charge in [-0.25, -0.2) is 0 Å². The molecule has 2 saturated heterocycles. The maximum atomic E-state index is 13.2. The van der Waals surface area contributed by atoms with Gasteiger partial charge in [-0.2, -0.15) is 0 Å². The van der Waals surface area contributed by atoms with E-state index in [0.29, 0.717) is 30.7 Å². The lowest BCUT2D eigenvalue weighted by molar-refractivity contribution is -0.144. The molecule has 0 unspecified atom stereocenters. The number of allylic oxidation sites excluding steroid dienone is 1. The molecule has 2 heterocycles. The number of carbonyl (C=O) groups is 3. The Labute approximate surface area is 198 Å². The second-order valence-electron chi connectivity index (χ2n) is 8.10. The first-order valence-electron chi connectivity index (χ1n) is 11.1. The van der Waals surface area contributed by atoms with Gasteiger partial charge in [-0.3, -0.25) is 14.4 Å². The smallest absolute Gasteiger partial charge is 0.248 e. The van der Waals surface area contributed by atoms with Crippen LogP contribution in [0.2, 0.25) is 0 Å². The molecule has 7 nitrogen and oxygen atoms in total. The van der Waals surface area contributed by atoms with Gasteiger partial charge in [-0.15, -0.1) is 18.3 Å². The van der Waals surface area contributed by atoms with E-state index < -0.39 is 12.1 Å². The first-order valence-corrected chi connectivity index (χ1v) is 12.2. The van der Waals surface area contributed by atoms with Crippen LogP contribution in [-0.4, -0.2) is 45.8 Å². The third-order valence-corrected chi connectivity index (χ3v) is 7.15. The molecule has 0 aliphatic carbocycles. The van der Waals surface area contributed by atoms with Gasteiger partial charge >= 0.3 is 0 Å². The lowest BCUT2D eigenvalue weighted by Gasteiger charge is -2.37. The summed E-state index contributed by atoms with van der Waals surface area (Å²) in [6, 6.07) is 16.1. The van der Waals surface area contributed by atoms with Crippen molar-refractivity contribution in [3.63, 3.8) is 0 Å². The van der Waals surface area contributed by atoms with Crippen molar-refractivity contribution >= 4 is 46.5 Å². The summed E-state index contributed by atoms with van der Waals surface area (Å²) < 4.78 is 0. The molecule has 0 saturated carbocycles. The molecular formula is C25H28N4O3S. The van der Waals surface area contributed by atoms with E-state index in [1.54, 1.807) is 22.7 Å². The van der Waals surface area contributed by atoms with Crippen LogP contribution in [-0.2, 0) is 14.4 Å². The summed E-state index contributed by atoms with van der Waals surface area (Å²) in [5, 5.41) is 9.12. The van der Waals surface area contributed by atoms with Gasteiger partial charge in [-0.05, 0) is 43.5 Å². The molecule has 2 aromatic carbocycles. The molecule has 4 rings (SSSR count). The monoisotopic (exact) mass is 464 g/mol. The third-order valence-electron chi connectivity index (χ3n) is 5.80. The Hall–Kier alpha value is -3.26. The number of nitrogens with zero attached hydrogens (tertiary/aromatic N) is 1. The minimum Gasteiger partial charge on any atom is -0.354 e. The van der Waals surface area contributed by atoms with E-state index in [0.717, 1.165) is 17.8 Å². The van der Waals surface area contributed by atoms with Gasteiger partial charge in [0.05, 0.1) is 16.7 Å². The Kier molecular flexibility index (Phi) is 7.34. The normalized spacial score (nSPS) is 21.8. The lowest BCUT2D eigenvalue weighted by Crippen LogP contribution is -2.58. The van der Waals surface area contributed by atoms with Crippen LogP contribution in [0, 0.1) is 0 Å². The maximum Gasteiger partial charge on any atom is 0.248 e. The number of rotatable bonds is 8. The van der Waals surface area contributed by atoms with Crippen molar-refractivity contribution in [1.82, 2.24) is 10.2 Å². The molecule has 8 heteroatoms. The Morgan fingerprint density at radius 1 is 1.06 bits per heavy atom. The Bertz CT molecular complexity index is 1030. The van der Waals surface area contributed by atoms with Gasteiger partial charge in [0, 0.05) is 17.9 Å². The summed E-state index contributed by atoms with van der Waals surface area (Å²) in [4.78, 5) is 40.2. The number of hydrogen-bond acceptors (Lipinski definition) is 5. The number of nitrogens with one attached hydrogen (secondary N) is 3. The molecule has 0 spiro atoms. The highest BCUT2D eigenvalue weighted by atomic mass is 32.2. The van der Waals surface area contributed by atoms with E-state index in [9.17, 15) is 14.4 Å². The highest BCUT2D eigenvalue weighted by molar-refractivity contribution is 8.00. The fraction of sp³-hybridized carbons (Fsp3) is 0.320. The van der Waals surface area contributed by atoms with E-state index in [1.165, 1.54) is 0 Å². The van der Waals surface area contributed by atoms with Crippen molar-refractivity contribution in [3.05, 3.63) is 67.3 Å². The first-order chi connectivity index (χ1) is 16.1. The molecule has 0 aromatic heterocycles. The van der Waals surface area contributed by atoms with E-state index in [1.807, 2.05) is 54.6 Å². The Morgan fingerprint density at radius 2 is 1.79 bits per heavy atom. The van der Waals surface area contributed by atoms with E-state index >= 15 is 0 Å². The number of piperidine rings is 1. The SMILES string of the molecule is C=CCCC(=O)N[C@H]1CC[C@@H]2SC[C@@H](C(=O)Nc3ccccc3Nc3ccccc3)N2C1=O. The number of thioether (sulfide) groups is 1. The second kappa shape index (κ2) is 10.6. The van der Waals surface area contributed by atoms with Crippen molar-refractivity contribution in [2.24, 2.45) is 0 Å². The average molecular weight is 465 g/mol.